The molecular weight excluding hydrogens is 519 g/mol. The molecule has 2 unspecified atom stereocenters. The highest BCUT2D eigenvalue weighted by Gasteiger charge is 2.58. The Hall–Kier alpha value is -2.03. The highest BCUT2D eigenvalue weighted by Crippen LogP contribution is 2.60. The van der Waals surface area contributed by atoms with Gasteiger partial charge in [0.2, 0.25) is 0 Å². The second kappa shape index (κ2) is 8.00. The molecule has 0 fully saturated rings. The average molecular weight is 540 g/mol. The second-order valence-electron chi connectivity index (χ2n) is 7.84. The fraction of sp³-hybridized carbons (Fsp3) is 0.286. The van der Waals surface area contributed by atoms with Crippen LogP contribution < -0.4 is 9.80 Å². The van der Waals surface area contributed by atoms with E-state index in [4.69, 9.17) is 0 Å². The molecule has 3 aliphatic rings. The Morgan fingerprint density at radius 3 is 2.03 bits per heavy atom. The van der Waals surface area contributed by atoms with Crippen molar-refractivity contribution in [2.45, 2.75) is 43.7 Å². The SMILES string of the molecule is CCN1c2ccc(S(=O)(=O)O)cc2SC1C1(C2=NC=C2)Sc2cc(S(=O)(=O)O)ccc2N1CC. The Labute approximate surface area is 206 Å². The number of hydrogen-bond acceptors (Lipinski definition) is 9. The van der Waals surface area contributed by atoms with E-state index in [9.17, 15) is 25.9 Å². The van der Waals surface area contributed by atoms with E-state index in [-0.39, 0.29) is 15.2 Å². The topological polar surface area (TPSA) is 128 Å². The van der Waals surface area contributed by atoms with E-state index in [1.54, 1.807) is 18.3 Å². The Kier molecular flexibility index (Phi) is 5.58. The largest absolute Gasteiger partial charge is 0.355 e. The minimum Gasteiger partial charge on any atom is -0.355 e. The van der Waals surface area contributed by atoms with Crippen LogP contribution in [0, 0.1) is 0 Å². The molecule has 0 bridgehead atoms. The Bertz CT molecular complexity index is 1470. The highest BCUT2D eigenvalue weighted by atomic mass is 32.2. The van der Waals surface area contributed by atoms with E-state index in [0.29, 0.717) is 18.0 Å². The number of aliphatic imine (C=N–C) groups is 1. The average Bonchev–Trinajstić information content (AvgIpc) is 3.25. The predicted octanol–water partition coefficient (Wildman–Crippen LogP) is 3.73. The molecule has 0 aromatic heterocycles. The monoisotopic (exact) mass is 539 g/mol. The number of anilines is 2. The van der Waals surface area contributed by atoms with Gasteiger partial charge in [0.1, 0.15) is 5.37 Å². The molecule has 0 saturated heterocycles. The lowest BCUT2D eigenvalue weighted by Gasteiger charge is -2.46. The van der Waals surface area contributed by atoms with Crippen molar-refractivity contribution in [1.82, 2.24) is 0 Å². The number of thioether (sulfide) groups is 2. The Morgan fingerprint density at radius 1 is 0.941 bits per heavy atom. The molecule has 2 aromatic carbocycles. The van der Waals surface area contributed by atoms with Crippen LogP contribution in [-0.2, 0) is 20.2 Å². The molecule has 3 heterocycles. The summed E-state index contributed by atoms with van der Waals surface area (Å²) in [5, 5.41) is -0.251. The van der Waals surface area contributed by atoms with Gasteiger partial charge in [-0.1, -0.05) is 23.5 Å². The summed E-state index contributed by atoms with van der Waals surface area (Å²) in [7, 11) is -8.72. The molecule has 13 heteroatoms. The van der Waals surface area contributed by atoms with E-state index in [1.165, 1.54) is 47.8 Å². The van der Waals surface area contributed by atoms with Crippen LogP contribution in [0.3, 0.4) is 0 Å². The van der Waals surface area contributed by atoms with Crippen LogP contribution in [0.5, 0.6) is 0 Å². The molecule has 2 N–H and O–H groups in total. The quantitative estimate of drug-likeness (QED) is 0.524. The van der Waals surface area contributed by atoms with Gasteiger partial charge in [0.25, 0.3) is 20.2 Å². The maximum absolute atomic E-state index is 11.8. The molecule has 0 spiro atoms. The smallest absolute Gasteiger partial charge is 0.294 e. The highest BCUT2D eigenvalue weighted by molar-refractivity contribution is 8.05. The first-order valence-electron chi connectivity index (χ1n) is 10.4. The summed E-state index contributed by atoms with van der Waals surface area (Å²) in [4.78, 5) is 9.19. The zero-order valence-electron chi connectivity index (χ0n) is 18.1. The van der Waals surface area contributed by atoms with Crippen LogP contribution in [0.2, 0.25) is 0 Å². The van der Waals surface area contributed by atoms with Crippen molar-refractivity contribution in [1.29, 1.82) is 0 Å². The standard InChI is InChI=1S/C21H21N3O6S4/c1-3-23-15-7-5-13(33(25,26)27)11-17(15)31-20(23)21(19-9-10-22-19)24(4-2)16-8-6-14(34(28,29)30)12-18(16)32-21/h5-12,20H,3-4H2,1-2H3,(H,25,26,27)(H,28,29,30). The van der Waals surface area contributed by atoms with Gasteiger partial charge in [-0.25, -0.2) is 0 Å². The molecular formula is C21H21N3O6S4. The van der Waals surface area contributed by atoms with Gasteiger partial charge in [0.05, 0.1) is 26.9 Å². The van der Waals surface area contributed by atoms with E-state index < -0.39 is 25.1 Å². The van der Waals surface area contributed by atoms with Crippen molar-refractivity contribution >= 4 is 60.8 Å². The van der Waals surface area contributed by atoms with Crippen LogP contribution in [0.15, 0.2) is 73.2 Å². The molecule has 0 radical (unpaired) electrons. The Morgan fingerprint density at radius 2 is 1.53 bits per heavy atom. The Balaban J connectivity index is 1.65. The number of benzene rings is 2. The lowest BCUT2D eigenvalue weighted by Crippen LogP contribution is -2.61. The molecule has 3 aliphatic heterocycles. The molecule has 5 rings (SSSR count). The zero-order valence-corrected chi connectivity index (χ0v) is 21.4. The van der Waals surface area contributed by atoms with Gasteiger partial charge in [-0.15, -0.1) is 0 Å². The molecule has 34 heavy (non-hydrogen) atoms. The van der Waals surface area contributed by atoms with Crippen LogP contribution in [-0.4, -0.2) is 55.0 Å². The zero-order chi connectivity index (χ0) is 24.5. The van der Waals surface area contributed by atoms with E-state index >= 15 is 0 Å². The molecule has 2 atom stereocenters. The summed E-state index contributed by atoms with van der Waals surface area (Å²) in [6.07, 6.45) is 3.63. The number of hydrogen-bond donors (Lipinski definition) is 2. The van der Waals surface area contributed by atoms with E-state index in [0.717, 1.165) is 22.0 Å². The summed E-state index contributed by atoms with van der Waals surface area (Å²) in [5.74, 6) is 0. The maximum atomic E-state index is 11.8. The van der Waals surface area contributed by atoms with Gasteiger partial charge >= 0.3 is 0 Å². The van der Waals surface area contributed by atoms with E-state index in [2.05, 4.69) is 14.8 Å². The number of fused-ring (bicyclic) bond motifs is 2. The fourth-order valence-corrected chi connectivity index (χ4v) is 9.14. The first-order valence-corrected chi connectivity index (χ1v) is 15.0. The summed E-state index contributed by atoms with van der Waals surface area (Å²) in [5.41, 5.74) is 2.48. The molecule has 0 amide bonds. The fourth-order valence-electron chi connectivity index (χ4n) is 4.55. The number of rotatable bonds is 6. The maximum Gasteiger partial charge on any atom is 0.294 e. The number of likely N-dealkylation sites (N-methyl/N-ethyl adjacent to an activating group) is 2. The van der Waals surface area contributed by atoms with Crippen molar-refractivity contribution < 1.29 is 25.9 Å². The minimum absolute atomic E-state index is 0.169. The lowest BCUT2D eigenvalue weighted by atomic mass is 10.0. The van der Waals surface area contributed by atoms with Crippen molar-refractivity contribution in [3.8, 4) is 0 Å². The van der Waals surface area contributed by atoms with Crippen molar-refractivity contribution in [3.05, 3.63) is 48.7 Å². The summed E-state index contributed by atoms with van der Waals surface area (Å²) >= 11 is 2.94. The van der Waals surface area contributed by atoms with Gasteiger partial charge in [0.15, 0.2) is 4.87 Å². The van der Waals surface area contributed by atoms with Gasteiger partial charge in [-0.2, -0.15) is 16.8 Å². The third-order valence-electron chi connectivity index (χ3n) is 6.05. The summed E-state index contributed by atoms with van der Waals surface area (Å²) in [6, 6.07) is 9.11. The minimum atomic E-state index is -4.37. The molecule has 180 valence electrons. The number of nitrogens with zero attached hydrogens (tertiary/aromatic N) is 3. The molecule has 9 nitrogen and oxygen atoms in total. The second-order valence-corrected chi connectivity index (χ2v) is 13.1. The van der Waals surface area contributed by atoms with Crippen molar-refractivity contribution in [2.75, 3.05) is 22.9 Å². The third-order valence-corrected chi connectivity index (χ3v) is 10.8. The van der Waals surface area contributed by atoms with Gasteiger partial charge in [-0.05, 0) is 56.3 Å². The molecule has 2 aromatic rings. The van der Waals surface area contributed by atoms with Crippen LogP contribution in [0.4, 0.5) is 11.4 Å². The normalized spacial score (nSPS) is 23.5. The van der Waals surface area contributed by atoms with Crippen molar-refractivity contribution in [3.63, 3.8) is 0 Å². The van der Waals surface area contributed by atoms with Gasteiger partial charge < -0.3 is 9.80 Å². The van der Waals surface area contributed by atoms with Gasteiger partial charge in [-0.3, -0.25) is 14.1 Å². The van der Waals surface area contributed by atoms with Crippen LogP contribution >= 0.6 is 23.5 Å². The molecule has 0 saturated carbocycles. The third kappa shape index (κ3) is 3.48. The van der Waals surface area contributed by atoms with E-state index in [1.807, 2.05) is 19.9 Å². The van der Waals surface area contributed by atoms with Crippen LogP contribution in [0.1, 0.15) is 13.8 Å². The van der Waals surface area contributed by atoms with Crippen LogP contribution in [0.25, 0.3) is 0 Å². The summed E-state index contributed by atoms with van der Waals surface area (Å²) < 4.78 is 66.1. The van der Waals surface area contributed by atoms with Gasteiger partial charge in [0, 0.05) is 29.1 Å². The lowest BCUT2D eigenvalue weighted by molar-refractivity contribution is 0.480. The first kappa shape index (κ1) is 23.7. The predicted molar refractivity (Wildman–Crippen MR) is 133 cm³/mol. The van der Waals surface area contributed by atoms with Crippen molar-refractivity contribution in [2.24, 2.45) is 4.99 Å². The first-order chi connectivity index (χ1) is 16.0. The summed E-state index contributed by atoms with van der Waals surface area (Å²) in [6.45, 7) is 5.23. The molecule has 0 aliphatic carbocycles.